The molecule has 1 atom stereocenters. The van der Waals surface area contributed by atoms with Crippen LogP contribution in [0.5, 0.6) is 0 Å². The molecule has 3 nitrogen and oxygen atoms in total. The van der Waals surface area contributed by atoms with Gasteiger partial charge in [-0.05, 0) is 24.5 Å². The topological polar surface area (TPSA) is 46.2 Å². The Balaban J connectivity index is 2.57. The second kappa shape index (κ2) is 6.52. The molecule has 1 aromatic rings. The van der Waals surface area contributed by atoms with Crippen LogP contribution in [0.15, 0.2) is 35.2 Å². The first-order valence-corrected chi connectivity index (χ1v) is 8.00. The number of hydrogen-bond donors (Lipinski definition) is 1. The number of alkyl halides is 1. The van der Waals surface area contributed by atoms with Crippen LogP contribution >= 0.6 is 15.9 Å². The van der Waals surface area contributed by atoms with Gasteiger partial charge in [0, 0.05) is 11.4 Å². The largest absolute Gasteiger partial charge is 0.240 e. The molecular formula is C12H18BrNO2S. The molecule has 0 heterocycles. The fourth-order valence-electron chi connectivity index (χ4n) is 1.48. The van der Waals surface area contributed by atoms with Crippen molar-refractivity contribution in [2.24, 2.45) is 5.92 Å². The van der Waals surface area contributed by atoms with Crippen LogP contribution in [-0.2, 0) is 10.0 Å². The summed E-state index contributed by atoms with van der Waals surface area (Å²) in [6.45, 7) is 4.63. The van der Waals surface area contributed by atoms with E-state index >= 15 is 0 Å². The summed E-state index contributed by atoms with van der Waals surface area (Å²) in [7, 11) is -3.37. The fraction of sp³-hybridized carbons (Fsp3) is 0.500. The van der Waals surface area contributed by atoms with Gasteiger partial charge in [-0.2, -0.15) is 0 Å². The quantitative estimate of drug-likeness (QED) is 0.819. The lowest BCUT2D eigenvalue weighted by Crippen LogP contribution is -2.30. The molecule has 96 valence electrons. The van der Waals surface area contributed by atoms with Gasteiger partial charge in [-0.1, -0.05) is 48.0 Å². The summed E-state index contributed by atoms with van der Waals surface area (Å²) < 4.78 is 26.4. The molecule has 0 aliphatic rings. The molecule has 5 heteroatoms. The number of rotatable bonds is 6. The molecule has 0 aromatic heterocycles. The highest BCUT2D eigenvalue weighted by atomic mass is 79.9. The predicted octanol–water partition coefficient (Wildman–Crippen LogP) is 2.77. The third kappa shape index (κ3) is 5.19. The number of benzene rings is 1. The smallest absolute Gasteiger partial charge is 0.210 e. The minimum Gasteiger partial charge on any atom is -0.210 e. The highest BCUT2D eigenvalue weighted by Gasteiger charge is 2.15. The Kier molecular flexibility index (Phi) is 5.62. The van der Waals surface area contributed by atoms with E-state index in [1.54, 1.807) is 30.3 Å². The first-order chi connectivity index (χ1) is 7.92. The summed E-state index contributed by atoms with van der Waals surface area (Å²) in [4.78, 5) is 0.477. The maximum absolute atomic E-state index is 11.9. The molecule has 0 saturated carbocycles. The van der Waals surface area contributed by atoms with Gasteiger partial charge in [0.15, 0.2) is 0 Å². The summed E-state index contributed by atoms with van der Waals surface area (Å²) in [5.41, 5.74) is 0. The second-order valence-corrected chi connectivity index (χ2v) is 7.45. The van der Waals surface area contributed by atoms with Crippen LogP contribution in [0.4, 0.5) is 0 Å². The molecule has 0 amide bonds. The molecule has 0 bridgehead atoms. The molecule has 0 aliphatic carbocycles. The lowest BCUT2D eigenvalue weighted by Gasteiger charge is -2.13. The Labute approximate surface area is 112 Å². The van der Waals surface area contributed by atoms with E-state index in [0.717, 1.165) is 6.42 Å². The van der Waals surface area contributed by atoms with E-state index in [1.807, 2.05) is 0 Å². The van der Waals surface area contributed by atoms with Crippen molar-refractivity contribution >= 4 is 26.0 Å². The number of hydrogen-bond acceptors (Lipinski definition) is 2. The van der Waals surface area contributed by atoms with Crippen molar-refractivity contribution in [3.63, 3.8) is 0 Å². The van der Waals surface area contributed by atoms with Crippen molar-refractivity contribution in [3.8, 4) is 0 Å². The Morgan fingerprint density at radius 2 is 1.82 bits per heavy atom. The highest BCUT2D eigenvalue weighted by molar-refractivity contribution is 9.09. The average Bonchev–Trinajstić information content (AvgIpc) is 2.27. The van der Waals surface area contributed by atoms with Crippen molar-refractivity contribution in [1.29, 1.82) is 0 Å². The van der Waals surface area contributed by atoms with Crippen molar-refractivity contribution in [3.05, 3.63) is 30.3 Å². The molecule has 0 saturated heterocycles. The Bertz CT molecular complexity index is 431. The highest BCUT2D eigenvalue weighted by Crippen LogP contribution is 2.13. The van der Waals surface area contributed by atoms with Crippen molar-refractivity contribution in [2.45, 2.75) is 30.0 Å². The van der Waals surface area contributed by atoms with Crippen LogP contribution in [-0.4, -0.2) is 19.8 Å². The van der Waals surface area contributed by atoms with E-state index in [-0.39, 0.29) is 4.83 Å². The molecule has 0 spiro atoms. The van der Waals surface area contributed by atoms with Crippen LogP contribution in [0.2, 0.25) is 0 Å². The van der Waals surface area contributed by atoms with Crippen molar-refractivity contribution in [1.82, 2.24) is 4.72 Å². The summed E-state index contributed by atoms with van der Waals surface area (Å²) in [5, 5.41) is 0. The van der Waals surface area contributed by atoms with Gasteiger partial charge in [0.25, 0.3) is 0 Å². The SMILES string of the molecule is CC(C)CC(Br)CNS(=O)(=O)c1ccccc1. The zero-order valence-electron chi connectivity index (χ0n) is 10.1. The molecule has 0 radical (unpaired) electrons. The van der Waals surface area contributed by atoms with Crippen LogP contribution < -0.4 is 4.72 Å². The summed E-state index contributed by atoms with van der Waals surface area (Å²) in [5.74, 6) is 0.542. The maximum Gasteiger partial charge on any atom is 0.240 e. The van der Waals surface area contributed by atoms with Crippen LogP contribution in [0.25, 0.3) is 0 Å². The van der Waals surface area contributed by atoms with Gasteiger partial charge in [-0.3, -0.25) is 0 Å². The van der Waals surface area contributed by atoms with Crippen molar-refractivity contribution < 1.29 is 8.42 Å². The zero-order valence-corrected chi connectivity index (χ0v) is 12.5. The van der Waals surface area contributed by atoms with E-state index in [1.165, 1.54) is 0 Å². The minimum absolute atomic E-state index is 0.168. The predicted molar refractivity (Wildman–Crippen MR) is 73.8 cm³/mol. The van der Waals surface area contributed by atoms with Gasteiger partial charge in [-0.25, -0.2) is 13.1 Å². The maximum atomic E-state index is 11.9. The molecule has 17 heavy (non-hydrogen) atoms. The molecular weight excluding hydrogens is 302 g/mol. The zero-order chi connectivity index (χ0) is 12.9. The average molecular weight is 320 g/mol. The van der Waals surface area contributed by atoms with Crippen LogP contribution in [0.3, 0.4) is 0 Å². The second-order valence-electron chi connectivity index (χ2n) is 4.39. The molecule has 1 rings (SSSR count). The van der Waals surface area contributed by atoms with Gasteiger partial charge in [0.05, 0.1) is 4.90 Å². The van der Waals surface area contributed by atoms with Crippen LogP contribution in [0, 0.1) is 5.92 Å². The standard InChI is InChI=1S/C12H18BrNO2S/c1-10(2)8-11(13)9-14-17(15,16)12-6-4-3-5-7-12/h3-7,10-11,14H,8-9H2,1-2H3. The Hall–Kier alpha value is -0.390. The summed E-state index contributed by atoms with van der Waals surface area (Å²) in [6, 6.07) is 8.41. The third-order valence-electron chi connectivity index (χ3n) is 2.28. The summed E-state index contributed by atoms with van der Waals surface area (Å²) in [6.07, 6.45) is 0.942. The van der Waals surface area contributed by atoms with Crippen molar-refractivity contribution in [2.75, 3.05) is 6.54 Å². The molecule has 1 aromatic carbocycles. The van der Waals surface area contributed by atoms with E-state index in [9.17, 15) is 8.42 Å². The van der Waals surface area contributed by atoms with E-state index in [4.69, 9.17) is 0 Å². The Morgan fingerprint density at radius 1 is 1.24 bits per heavy atom. The van der Waals surface area contributed by atoms with Gasteiger partial charge >= 0.3 is 0 Å². The number of nitrogens with one attached hydrogen (secondary N) is 1. The summed E-state index contributed by atoms with van der Waals surface area (Å²) >= 11 is 3.48. The lowest BCUT2D eigenvalue weighted by atomic mass is 10.1. The number of sulfonamides is 1. The fourth-order valence-corrected chi connectivity index (χ4v) is 3.70. The van der Waals surface area contributed by atoms with Gasteiger partial charge in [-0.15, -0.1) is 0 Å². The Morgan fingerprint density at radius 3 is 2.35 bits per heavy atom. The van der Waals surface area contributed by atoms with E-state index in [0.29, 0.717) is 17.4 Å². The minimum atomic E-state index is -3.37. The first kappa shape index (κ1) is 14.7. The van der Waals surface area contributed by atoms with E-state index < -0.39 is 10.0 Å². The molecule has 0 aliphatic heterocycles. The number of halogens is 1. The lowest BCUT2D eigenvalue weighted by molar-refractivity contribution is 0.551. The first-order valence-electron chi connectivity index (χ1n) is 5.60. The molecule has 1 unspecified atom stereocenters. The molecule has 0 fully saturated rings. The normalized spacial score (nSPS) is 13.9. The van der Waals surface area contributed by atoms with Crippen LogP contribution in [0.1, 0.15) is 20.3 Å². The van der Waals surface area contributed by atoms with Gasteiger partial charge in [0.1, 0.15) is 0 Å². The molecule has 1 N–H and O–H groups in total. The van der Waals surface area contributed by atoms with Gasteiger partial charge in [0.2, 0.25) is 10.0 Å². The van der Waals surface area contributed by atoms with E-state index in [2.05, 4.69) is 34.5 Å². The van der Waals surface area contributed by atoms with Gasteiger partial charge < -0.3 is 0 Å². The monoisotopic (exact) mass is 319 g/mol. The third-order valence-corrected chi connectivity index (χ3v) is 4.41.